The van der Waals surface area contributed by atoms with Gasteiger partial charge in [0.2, 0.25) is 5.91 Å². The van der Waals surface area contributed by atoms with E-state index < -0.39 is 23.9 Å². The van der Waals surface area contributed by atoms with Gasteiger partial charge in [-0.1, -0.05) is 30.2 Å². The number of amides is 1. The predicted molar refractivity (Wildman–Crippen MR) is 133 cm³/mol. The van der Waals surface area contributed by atoms with Crippen LogP contribution >= 0.6 is 11.6 Å². The molecular weight excluding hydrogens is 488 g/mol. The summed E-state index contributed by atoms with van der Waals surface area (Å²) in [7, 11) is 0. The zero-order valence-corrected chi connectivity index (χ0v) is 20.6. The van der Waals surface area contributed by atoms with E-state index in [1.54, 1.807) is 29.2 Å². The molecule has 2 aliphatic heterocycles. The Morgan fingerprint density at radius 1 is 1.22 bits per heavy atom. The molecule has 6 nitrogen and oxygen atoms in total. The number of benzene rings is 2. The van der Waals surface area contributed by atoms with Crippen LogP contribution in [0.15, 0.2) is 42.5 Å². The monoisotopic (exact) mass is 515 g/mol. The van der Waals surface area contributed by atoms with Crippen LogP contribution in [0.4, 0.5) is 8.78 Å². The number of fused-ring (bicyclic) bond motifs is 4. The normalized spacial score (nSPS) is 23.5. The molecule has 3 atom stereocenters. The summed E-state index contributed by atoms with van der Waals surface area (Å²) in [5.41, 5.74) is 2.27. The van der Waals surface area contributed by atoms with Crippen LogP contribution in [0.25, 0.3) is 10.9 Å². The Morgan fingerprint density at radius 3 is 2.78 bits per heavy atom. The maximum Gasteiger partial charge on any atom is 0.250 e. The fourth-order valence-electron chi connectivity index (χ4n) is 5.81. The van der Waals surface area contributed by atoms with Gasteiger partial charge in [0.25, 0.3) is 6.43 Å². The number of hydrogen-bond donors (Lipinski definition) is 3. The van der Waals surface area contributed by atoms with Crippen molar-refractivity contribution in [3.8, 4) is 5.75 Å². The minimum absolute atomic E-state index is 0.0753. The van der Waals surface area contributed by atoms with Gasteiger partial charge in [-0.15, -0.1) is 0 Å². The number of phenolic OH excluding ortho intramolecular Hbond substituents is 1. The molecule has 1 unspecified atom stereocenters. The van der Waals surface area contributed by atoms with Crippen LogP contribution in [0.2, 0.25) is 5.02 Å². The number of nitrogens with zero attached hydrogens (tertiary/aromatic N) is 1. The van der Waals surface area contributed by atoms with Crippen LogP contribution in [-0.2, 0) is 16.0 Å². The first-order valence-electron chi connectivity index (χ1n) is 12.2. The van der Waals surface area contributed by atoms with E-state index in [4.69, 9.17) is 11.6 Å². The van der Waals surface area contributed by atoms with E-state index in [-0.39, 0.29) is 24.0 Å². The van der Waals surface area contributed by atoms with Gasteiger partial charge in [-0.2, -0.15) is 0 Å². The maximum absolute atomic E-state index is 13.8. The minimum atomic E-state index is -2.41. The molecule has 1 saturated heterocycles. The maximum atomic E-state index is 13.8. The summed E-state index contributed by atoms with van der Waals surface area (Å²) in [5.74, 6) is -1.07. The van der Waals surface area contributed by atoms with Gasteiger partial charge < -0.3 is 20.3 Å². The van der Waals surface area contributed by atoms with Crippen molar-refractivity contribution in [1.29, 1.82) is 0 Å². The lowest BCUT2D eigenvalue weighted by molar-refractivity contribution is -0.136. The number of aromatic hydroxyl groups is 1. The average molecular weight is 516 g/mol. The van der Waals surface area contributed by atoms with Gasteiger partial charge in [0.1, 0.15) is 11.3 Å². The van der Waals surface area contributed by atoms with Gasteiger partial charge in [0.15, 0.2) is 5.78 Å². The lowest BCUT2D eigenvalue weighted by Gasteiger charge is -2.44. The second-order valence-corrected chi connectivity index (χ2v) is 10.3. The topological polar surface area (TPSA) is 85.4 Å². The molecule has 3 heterocycles. The van der Waals surface area contributed by atoms with E-state index in [0.717, 1.165) is 22.2 Å². The number of hydrogen-bond acceptors (Lipinski definition) is 4. The largest absolute Gasteiger partial charge is 0.508 e. The molecule has 2 aliphatic rings. The summed E-state index contributed by atoms with van der Waals surface area (Å²) < 4.78 is 24.7. The molecule has 5 rings (SSSR count). The first-order chi connectivity index (χ1) is 17.2. The minimum Gasteiger partial charge on any atom is -0.508 e. The highest BCUT2D eigenvalue weighted by molar-refractivity contribution is 6.31. The van der Waals surface area contributed by atoms with Crippen molar-refractivity contribution >= 4 is 34.2 Å². The number of H-pyrrole nitrogens is 1. The lowest BCUT2D eigenvalue weighted by Crippen LogP contribution is -2.53. The van der Waals surface area contributed by atoms with Gasteiger partial charge in [-0.05, 0) is 67.8 Å². The molecule has 1 amide bonds. The third-order valence-corrected chi connectivity index (χ3v) is 7.68. The Hall–Kier alpha value is -2.97. The Balaban J connectivity index is 1.50. The predicted octanol–water partition coefficient (Wildman–Crippen LogP) is 4.98. The van der Waals surface area contributed by atoms with Gasteiger partial charge in [-0.3, -0.25) is 9.59 Å². The molecule has 2 aromatic carbocycles. The summed E-state index contributed by atoms with van der Waals surface area (Å²) in [4.78, 5) is 32.7. The smallest absolute Gasteiger partial charge is 0.250 e. The number of carbonyl (C=O) groups is 2. The second-order valence-electron chi connectivity index (χ2n) is 9.87. The molecular formula is C27H28ClF2N3O3. The standard InChI is InChI=1S/C27H28ClF2N3O3/c1-27-13-20-19-12-16(28)8-9-21(19)32-23(20)24(15-5-4-6-17(34)11-15)33(27)26(36)18(25(27)35)7-2-3-10-31-14-22(29)30/h4-6,8-9,11-12,18,22,24,31-32,34H,2-3,7,10,13-14H2,1H3/t18?,24-,27+/m1/s1. The molecule has 1 fully saturated rings. The molecule has 9 heteroatoms. The average Bonchev–Trinajstić information content (AvgIpc) is 3.26. The highest BCUT2D eigenvalue weighted by atomic mass is 35.5. The van der Waals surface area contributed by atoms with E-state index in [0.29, 0.717) is 42.8 Å². The van der Waals surface area contributed by atoms with Crippen LogP contribution < -0.4 is 5.32 Å². The number of aromatic nitrogens is 1. The zero-order chi connectivity index (χ0) is 25.6. The number of halogens is 3. The Kier molecular flexibility index (Phi) is 6.51. The first-order valence-corrected chi connectivity index (χ1v) is 12.5. The highest BCUT2D eigenvalue weighted by Gasteiger charge is 2.60. The van der Waals surface area contributed by atoms with Crippen LogP contribution in [0.3, 0.4) is 0 Å². The van der Waals surface area contributed by atoms with E-state index in [1.165, 1.54) is 0 Å². The van der Waals surface area contributed by atoms with Crippen molar-refractivity contribution in [1.82, 2.24) is 15.2 Å². The first kappa shape index (κ1) is 24.7. The number of phenols is 1. The molecule has 0 aliphatic carbocycles. The molecule has 36 heavy (non-hydrogen) atoms. The van der Waals surface area contributed by atoms with E-state index in [2.05, 4.69) is 10.3 Å². The fourth-order valence-corrected chi connectivity index (χ4v) is 5.99. The molecule has 3 aromatic rings. The number of unbranched alkanes of at least 4 members (excludes halogenated alkanes) is 1. The third kappa shape index (κ3) is 4.16. The van der Waals surface area contributed by atoms with E-state index in [9.17, 15) is 23.5 Å². The number of Topliss-reactive ketones (excluding diaryl/α,β-unsaturated/α-hetero) is 1. The number of rotatable bonds is 8. The molecule has 0 radical (unpaired) electrons. The van der Waals surface area contributed by atoms with Crippen molar-refractivity contribution in [3.05, 3.63) is 64.3 Å². The Bertz CT molecular complexity index is 1330. The van der Waals surface area contributed by atoms with Crippen molar-refractivity contribution in [3.63, 3.8) is 0 Å². The molecule has 0 bridgehead atoms. The molecule has 0 saturated carbocycles. The number of nitrogens with one attached hydrogen (secondary N) is 2. The SMILES string of the molecule is C[C@@]12Cc3c([nH]c4ccc(Cl)cc34)[C@@H](c3cccc(O)c3)N1C(=O)C(CCCCNCC(F)F)C2=O. The van der Waals surface area contributed by atoms with Crippen molar-refractivity contribution in [2.45, 2.75) is 50.6 Å². The molecule has 3 N–H and O–H groups in total. The number of carbonyl (C=O) groups excluding carboxylic acids is 2. The summed E-state index contributed by atoms with van der Waals surface area (Å²) in [6.45, 7) is 1.86. The molecule has 190 valence electrons. The van der Waals surface area contributed by atoms with Crippen LogP contribution in [0, 0.1) is 5.92 Å². The van der Waals surface area contributed by atoms with Crippen LogP contribution in [-0.4, -0.2) is 51.7 Å². The van der Waals surface area contributed by atoms with Crippen molar-refractivity contribution in [2.75, 3.05) is 13.1 Å². The van der Waals surface area contributed by atoms with Crippen molar-refractivity contribution < 1.29 is 23.5 Å². The summed E-state index contributed by atoms with van der Waals surface area (Å²) in [6, 6.07) is 11.7. The molecule has 1 aromatic heterocycles. The summed E-state index contributed by atoms with van der Waals surface area (Å²) in [5, 5.41) is 14.4. The Morgan fingerprint density at radius 2 is 2.03 bits per heavy atom. The lowest BCUT2D eigenvalue weighted by atomic mass is 9.79. The number of aromatic amines is 1. The van der Waals surface area contributed by atoms with E-state index in [1.807, 2.05) is 25.1 Å². The summed E-state index contributed by atoms with van der Waals surface area (Å²) >= 11 is 6.30. The summed E-state index contributed by atoms with van der Waals surface area (Å²) in [6.07, 6.45) is -0.513. The van der Waals surface area contributed by atoms with Gasteiger partial charge in [0, 0.05) is 28.0 Å². The third-order valence-electron chi connectivity index (χ3n) is 7.45. The van der Waals surface area contributed by atoms with Gasteiger partial charge >= 0.3 is 0 Å². The van der Waals surface area contributed by atoms with Gasteiger partial charge in [-0.25, -0.2) is 8.78 Å². The highest BCUT2D eigenvalue weighted by Crippen LogP contribution is 2.50. The van der Waals surface area contributed by atoms with Crippen molar-refractivity contribution in [2.24, 2.45) is 5.92 Å². The zero-order valence-electron chi connectivity index (χ0n) is 19.9. The fraction of sp³-hybridized carbons (Fsp3) is 0.407. The Labute approximate surface area is 212 Å². The van der Waals surface area contributed by atoms with Crippen LogP contribution in [0.5, 0.6) is 5.75 Å². The molecule has 0 spiro atoms. The second kappa shape index (κ2) is 9.48. The van der Waals surface area contributed by atoms with Gasteiger partial charge in [0.05, 0.1) is 18.5 Å². The van der Waals surface area contributed by atoms with E-state index >= 15 is 0 Å². The number of alkyl halides is 2. The quantitative estimate of drug-likeness (QED) is 0.292. The number of ketones is 1. The van der Waals surface area contributed by atoms with Crippen LogP contribution in [0.1, 0.15) is 49.0 Å².